The van der Waals surface area contributed by atoms with E-state index in [4.69, 9.17) is 9.15 Å². The van der Waals surface area contributed by atoms with Gasteiger partial charge in [0.2, 0.25) is 0 Å². The predicted octanol–water partition coefficient (Wildman–Crippen LogP) is 3.90. The number of benzene rings is 2. The number of carbonyl (C=O) groups excluding carboxylic acids is 2. The van der Waals surface area contributed by atoms with Crippen molar-refractivity contribution in [2.24, 2.45) is 0 Å². The van der Waals surface area contributed by atoms with Crippen molar-refractivity contribution in [2.75, 3.05) is 12.4 Å². The summed E-state index contributed by atoms with van der Waals surface area (Å²) < 4.78 is 10.7. The van der Waals surface area contributed by atoms with Gasteiger partial charge in [-0.15, -0.1) is 0 Å². The first-order chi connectivity index (χ1) is 13.5. The molecule has 0 spiro atoms. The summed E-state index contributed by atoms with van der Waals surface area (Å²) in [6, 6.07) is 17.1. The van der Waals surface area contributed by atoms with Crippen LogP contribution >= 0.6 is 11.8 Å². The molecule has 1 heterocycles. The number of esters is 1. The number of fused-ring (bicyclic) bond motifs is 1. The van der Waals surface area contributed by atoms with E-state index in [1.807, 2.05) is 68.4 Å². The van der Waals surface area contributed by atoms with E-state index in [0.717, 1.165) is 22.8 Å². The summed E-state index contributed by atoms with van der Waals surface area (Å²) >= 11 is 1.15. The van der Waals surface area contributed by atoms with Crippen LogP contribution in [0.1, 0.15) is 19.4 Å². The number of nitrogens with zero attached hydrogens (tertiary/aromatic N) is 2. The molecule has 6 nitrogen and oxygen atoms in total. The van der Waals surface area contributed by atoms with Crippen LogP contribution in [0.5, 0.6) is 0 Å². The lowest BCUT2D eigenvalue weighted by atomic mass is 10.2. The zero-order chi connectivity index (χ0) is 19.9. The van der Waals surface area contributed by atoms with Gasteiger partial charge in [-0.2, -0.15) is 0 Å². The van der Waals surface area contributed by atoms with Gasteiger partial charge in [0.1, 0.15) is 11.3 Å². The molecule has 0 atom stereocenters. The fraction of sp³-hybridized carbons (Fsp3) is 0.286. The molecule has 0 aliphatic carbocycles. The summed E-state index contributed by atoms with van der Waals surface area (Å²) in [5, 5.41) is 0.400. The molecule has 0 saturated heterocycles. The Kier molecular flexibility index (Phi) is 6.71. The topological polar surface area (TPSA) is 72.6 Å². The third-order valence-corrected chi connectivity index (χ3v) is 4.89. The molecule has 3 rings (SSSR count). The number of rotatable bonds is 8. The molecule has 0 bridgehead atoms. The van der Waals surface area contributed by atoms with E-state index in [9.17, 15) is 9.59 Å². The summed E-state index contributed by atoms with van der Waals surface area (Å²) in [5.41, 5.74) is 2.44. The number of oxazole rings is 1. The van der Waals surface area contributed by atoms with E-state index in [-0.39, 0.29) is 24.3 Å². The number of hydrogen-bond donors (Lipinski definition) is 0. The Bertz CT molecular complexity index is 907. The minimum absolute atomic E-state index is 0.000492. The maximum absolute atomic E-state index is 12.5. The third-order valence-electron chi connectivity index (χ3n) is 4.08. The Hall–Kier alpha value is -2.80. The average Bonchev–Trinajstić information content (AvgIpc) is 3.12. The van der Waals surface area contributed by atoms with E-state index < -0.39 is 5.97 Å². The molecular weight excluding hydrogens is 376 g/mol. The second kappa shape index (κ2) is 9.41. The van der Waals surface area contributed by atoms with Crippen LogP contribution in [-0.4, -0.2) is 40.2 Å². The van der Waals surface area contributed by atoms with Crippen molar-refractivity contribution in [2.45, 2.75) is 31.7 Å². The summed E-state index contributed by atoms with van der Waals surface area (Å²) in [7, 11) is 0. The standard InChI is InChI=1S/C21H22N2O4S/c1-15(2)23(12-16-8-4-3-5-9-16)19(24)13-26-20(25)14-28-21-22-17-10-6-7-11-18(17)27-21/h3-11,15H,12-14H2,1-2H3. The van der Waals surface area contributed by atoms with Crippen LogP contribution in [0.25, 0.3) is 11.1 Å². The molecule has 1 amide bonds. The van der Waals surface area contributed by atoms with Crippen LogP contribution in [0.4, 0.5) is 0 Å². The number of carbonyl (C=O) groups is 2. The predicted molar refractivity (Wildman–Crippen MR) is 108 cm³/mol. The summed E-state index contributed by atoms with van der Waals surface area (Å²) in [6.45, 7) is 4.07. The number of hydrogen-bond acceptors (Lipinski definition) is 6. The molecule has 0 saturated carbocycles. The van der Waals surface area contributed by atoms with Gasteiger partial charge in [0.05, 0.1) is 0 Å². The molecule has 0 radical (unpaired) electrons. The highest BCUT2D eigenvalue weighted by Crippen LogP contribution is 2.23. The van der Waals surface area contributed by atoms with Crippen molar-refractivity contribution in [3.05, 3.63) is 60.2 Å². The Morgan fingerprint density at radius 1 is 1.11 bits per heavy atom. The molecule has 28 heavy (non-hydrogen) atoms. The molecule has 0 aliphatic rings. The lowest BCUT2D eigenvalue weighted by molar-refractivity contribution is -0.151. The van der Waals surface area contributed by atoms with Crippen LogP contribution in [0, 0.1) is 0 Å². The van der Waals surface area contributed by atoms with Crippen LogP contribution in [-0.2, 0) is 20.9 Å². The van der Waals surface area contributed by atoms with Gasteiger partial charge < -0.3 is 14.1 Å². The Labute approximate surface area is 167 Å². The molecule has 7 heteroatoms. The minimum Gasteiger partial charge on any atom is -0.455 e. The smallest absolute Gasteiger partial charge is 0.316 e. The van der Waals surface area contributed by atoms with Crippen molar-refractivity contribution in [3.8, 4) is 0 Å². The number of thioether (sulfide) groups is 1. The molecule has 146 valence electrons. The van der Waals surface area contributed by atoms with Crippen LogP contribution in [0.3, 0.4) is 0 Å². The second-order valence-corrected chi connectivity index (χ2v) is 7.42. The van der Waals surface area contributed by atoms with E-state index in [2.05, 4.69) is 4.98 Å². The monoisotopic (exact) mass is 398 g/mol. The maximum atomic E-state index is 12.5. The van der Waals surface area contributed by atoms with Gasteiger partial charge in [-0.05, 0) is 31.5 Å². The van der Waals surface area contributed by atoms with E-state index >= 15 is 0 Å². The minimum atomic E-state index is -0.482. The number of para-hydroxylation sites is 2. The zero-order valence-corrected chi connectivity index (χ0v) is 16.6. The number of aromatic nitrogens is 1. The SMILES string of the molecule is CC(C)N(Cc1ccccc1)C(=O)COC(=O)CSc1nc2ccccc2o1. The lowest BCUT2D eigenvalue weighted by Gasteiger charge is -2.26. The van der Waals surface area contributed by atoms with Crippen LogP contribution in [0.2, 0.25) is 0 Å². The van der Waals surface area contributed by atoms with E-state index in [0.29, 0.717) is 17.4 Å². The van der Waals surface area contributed by atoms with Gasteiger partial charge in [-0.3, -0.25) is 9.59 Å². The van der Waals surface area contributed by atoms with Crippen LogP contribution in [0.15, 0.2) is 64.2 Å². The van der Waals surface area contributed by atoms with Crippen LogP contribution < -0.4 is 0 Å². The Morgan fingerprint density at radius 3 is 2.54 bits per heavy atom. The van der Waals surface area contributed by atoms with Gasteiger partial charge in [-0.25, -0.2) is 4.98 Å². The highest BCUT2D eigenvalue weighted by Gasteiger charge is 2.19. The fourth-order valence-corrected chi connectivity index (χ4v) is 3.28. The number of amides is 1. The van der Waals surface area contributed by atoms with E-state index in [1.54, 1.807) is 4.90 Å². The first kappa shape index (κ1) is 19.9. The van der Waals surface area contributed by atoms with Crippen molar-refractivity contribution < 1.29 is 18.7 Å². The highest BCUT2D eigenvalue weighted by molar-refractivity contribution is 7.99. The van der Waals surface area contributed by atoms with Crippen molar-refractivity contribution in [1.29, 1.82) is 0 Å². The second-order valence-electron chi connectivity index (χ2n) is 6.50. The van der Waals surface area contributed by atoms with Gasteiger partial charge in [0.15, 0.2) is 12.2 Å². The molecule has 0 aliphatic heterocycles. The molecule has 0 fully saturated rings. The van der Waals surface area contributed by atoms with E-state index in [1.165, 1.54) is 0 Å². The number of ether oxygens (including phenoxy) is 1. The van der Waals surface area contributed by atoms with Gasteiger partial charge in [0, 0.05) is 12.6 Å². The first-order valence-corrected chi connectivity index (χ1v) is 9.99. The molecule has 2 aromatic carbocycles. The van der Waals surface area contributed by atoms with Gasteiger partial charge in [-0.1, -0.05) is 54.2 Å². The summed E-state index contributed by atoms with van der Waals surface area (Å²) in [6.07, 6.45) is 0. The normalized spacial score (nSPS) is 11.0. The van der Waals surface area contributed by atoms with Crippen molar-refractivity contribution >= 4 is 34.7 Å². The van der Waals surface area contributed by atoms with Crippen molar-refractivity contribution in [3.63, 3.8) is 0 Å². The van der Waals surface area contributed by atoms with Gasteiger partial charge in [0.25, 0.3) is 11.1 Å². The Morgan fingerprint density at radius 2 is 1.82 bits per heavy atom. The first-order valence-electron chi connectivity index (χ1n) is 9.00. The largest absolute Gasteiger partial charge is 0.455 e. The molecule has 0 unspecified atom stereocenters. The zero-order valence-electron chi connectivity index (χ0n) is 15.8. The molecule has 1 aromatic heterocycles. The molecular formula is C21H22N2O4S. The summed E-state index contributed by atoms with van der Waals surface area (Å²) in [5.74, 6) is -0.677. The Balaban J connectivity index is 1.48. The lowest BCUT2D eigenvalue weighted by Crippen LogP contribution is -2.39. The van der Waals surface area contributed by atoms with Gasteiger partial charge >= 0.3 is 5.97 Å². The summed E-state index contributed by atoms with van der Waals surface area (Å²) in [4.78, 5) is 30.5. The quantitative estimate of drug-likeness (QED) is 0.423. The highest BCUT2D eigenvalue weighted by atomic mass is 32.2. The maximum Gasteiger partial charge on any atom is 0.316 e. The molecule has 0 N–H and O–H groups in total. The molecule has 3 aromatic rings. The van der Waals surface area contributed by atoms with Crippen molar-refractivity contribution in [1.82, 2.24) is 9.88 Å². The third kappa shape index (κ3) is 5.36. The fourth-order valence-electron chi connectivity index (χ4n) is 2.64. The average molecular weight is 398 g/mol.